The van der Waals surface area contributed by atoms with Crippen LogP contribution in [0.5, 0.6) is 11.5 Å². The Balaban J connectivity index is 2.35. The fourth-order valence-corrected chi connectivity index (χ4v) is 2.71. The molecule has 1 aromatic rings. The Morgan fingerprint density at radius 2 is 1.75 bits per heavy atom. The first kappa shape index (κ1) is 18.4. The number of rotatable bonds is 4. The minimum Gasteiger partial charge on any atom is -0.508 e. The number of aliphatic hydroxyl groups excluding tert-OH is 3. The van der Waals surface area contributed by atoms with Gasteiger partial charge in [-0.25, -0.2) is 4.79 Å². The summed E-state index contributed by atoms with van der Waals surface area (Å²) in [5.41, 5.74) is 0. The minimum atomic E-state index is -4.83. The van der Waals surface area contributed by atoms with Crippen LogP contribution in [0, 0.1) is 0 Å². The number of aliphatic hydroxyl groups is 3. The highest BCUT2D eigenvalue weighted by Crippen LogP contribution is 2.31. The van der Waals surface area contributed by atoms with Gasteiger partial charge in [-0.3, -0.25) is 4.55 Å². The zero-order valence-electron chi connectivity index (χ0n) is 11.8. The molecule has 1 heterocycles. The third-order valence-corrected chi connectivity index (χ3v) is 4.14. The van der Waals surface area contributed by atoms with E-state index >= 15 is 0 Å². The van der Waals surface area contributed by atoms with Gasteiger partial charge in [-0.05, 0) is 12.1 Å². The van der Waals surface area contributed by atoms with Crippen LogP contribution in [0.1, 0.15) is 0 Å². The number of carboxylic acids is 1. The predicted molar refractivity (Wildman–Crippen MR) is 72.9 cm³/mol. The molecule has 1 aliphatic rings. The van der Waals surface area contributed by atoms with Crippen molar-refractivity contribution in [2.24, 2.45) is 0 Å². The quantitative estimate of drug-likeness (QED) is 0.320. The first-order valence-electron chi connectivity index (χ1n) is 6.42. The summed E-state index contributed by atoms with van der Waals surface area (Å²) < 4.78 is 41.6. The smallest absolute Gasteiger partial charge is 0.335 e. The van der Waals surface area contributed by atoms with Crippen LogP contribution < -0.4 is 4.74 Å². The van der Waals surface area contributed by atoms with E-state index in [0.717, 1.165) is 12.1 Å². The standard InChI is InChI=1S/C12H14O11S/c13-4-1-2-5(6(3-4)24(19,20)21)22-12-9(16)7(14)8(15)10(23-12)11(17)18/h1-3,7-10,12-16H,(H,17,18)(H,19,20,21). The topological polar surface area (TPSA) is 191 Å². The second-order valence-electron chi connectivity index (χ2n) is 4.96. The normalized spacial score (nSPS) is 30.8. The molecule has 24 heavy (non-hydrogen) atoms. The largest absolute Gasteiger partial charge is 0.508 e. The van der Waals surface area contributed by atoms with E-state index < -0.39 is 63.2 Å². The molecule has 0 aliphatic carbocycles. The van der Waals surface area contributed by atoms with Crippen molar-refractivity contribution in [2.75, 3.05) is 0 Å². The fraction of sp³-hybridized carbons (Fsp3) is 0.417. The summed E-state index contributed by atoms with van der Waals surface area (Å²) in [4.78, 5) is 10.1. The van der Waals surface area contributed by atoms with Crippen LogP contribution in [-0.4, -0.2) is 75.2 Å². The van der Waals surface area contributed by atoms with Gasteiger partial charge in [0, 0.05) is 6.07 Å². The number of ether oxygens (including phenoxy) is 2. The third-order valence-electron chi connectivity index (χ3n) is 3.26. The number of aromatic hydroxyl groups is 1. The average Bonchev–Trinajstić information content (AvgIpc) is 2.48. The monoisotopic (exact) mass is 366 g/mol. The summed E-state index contributed by atoms with van der Waals surface area (Å²) >= 11 is 0. The molecule has 5 unspecified atom stereocenters. The van der Waals surface area contributed by atoms with Gasteiger partial charge in [0.15, 0.2) is 6.10 Å². The molecule has 1 fully saturated rings. The van der Waals surface area contributed by atoms with E-state index in [9.17, 15) is 33.6 Å². The van der Waals surface area contributed by atoms with E-state index in [4.69, 9.17) is 19.1 Å². The van der Waals surface area contributed by atoms with Crippen molar-refractivity contribution in [3.05, 3.63) is 18.2 Å². The summed E-state index contributed by atoms with van der Waals surface area (Å²) in [6.45, 7) is 0. The second-order valence-corrected chi connectivity index (χ2v) is 6.35. The van der Waals surface area contributed by atoms with Gasteiger partial charge in [0.25, 0.3) is 10.1 Å². The van der Waals surface area contributed by atoms with Gasteiger partial charge in [-0.1, -0.05) is 0 Å². The molecule has 0 amide bonds. The van der Waals surface area contributed by atoms with Crippen LogP contribution in [0.3, 0.4) is 0 Å². The minimum absolute atomic E-state index is 0.515. The Labute approximate surface area is 135 Å². The lowest BCUT2D eigenvalue weighted by Crippen LogP contribution is -2.61. The lowest BCUT2D eigenvalue weighted by atomic mass is 9.99. The van der Waals surface area contributed by atoms with Crippen molar-refractivity contribution in [3.63, 3.8) is 0 Å². The van der Waals surface area contributed by atoms with Gasteiger partial charge in [0.2, 0.25) is 6.29 Å². The van der Waals surface area contributed by atoms with Crippen LogP contribution in [-0.2, 0) is 19.6 Å². The fourth-order valence-electron chi connectivity index (χ4n) is 2.07. The molecule has 0 aromatic heterocycles. The number of hydrogen-bond donors (Lipinski definition) is 6. The molecule has 0 spiro atoms. The van der Waals surface area contributed by atoms with Crippen molar-refractivity contribution in [3.8, 4) is 11.5 Å². The number of hydrogen-bond acceptors (Lipinski definition) is 9. The summed E-state index contributed by atoms with van der Waals surface area (Å²) in [7, 11) is -4.83. The zero-order chi connectivity index (χ0) is 18.2. The van der Waals surface area contributed by atoms with Crippen molar-refractivity contribution >= 4 is 16.1 Å². The van der Waals surface area contributed by atoms with E-state index in [-0.39, 0.29) is 0 Å². The maximum atomic E-state index is 11.3. The van der Waals surface area contributed by atoms with Crippen LogP contribution >= 0.6 is 0 Å². The molecule has 1 saturated heterocycles. The number of phenolic OH excluding ortho intramolecular Hbond substituents is 1. The Kier molecular flexibility index (Phi) is 4.98. The van der Waals surface area contributed by atoms with Gasteiger partial charge in [-0.15, -0.1) is 0 Å². The molecular formula is C12H14O11S. The van der Waals surface area contributed by atoms with E-state index in [1.54, 1.807) is 0 Å². The zero-order valence-corrected chi connectivity index (χ0v) is 12.6. The van der Waals surface area contributed by atoms with Gasteiger partial charge >= 0.3 is 5.97 Å². The Bertz CT molecular complexity index is 731. The number of carbonyl (C=O) groups is 1. The van der Waals surface area contributed by atoms with E-state index in [0.29, 0.717) is 6.07 Å². The molecule has 1 aromatic carbocycles. The Hall–Kier alpha value is -1.96. The number of phenols is 1. The lowest BCUT2D eigenvalue weighted by molar-refractivity contribution is -0.271. The molecule has 5 atom stereocenters. The predicted octanol–water partition coefficient (Wildman–Crippen LogP) is -2.09. The van der Waals surface area contributed by atoms with E-state index in [1.807, 2.05) is 0 Å². The van der Waals surface area contributed by atoms with Gasteiger partial charge in [0.05, 0.1) is 0 Å². The van der Waals surface area contributed by atoms with Crippen molar-refractivity contribution in [1.29, 1.82) is 0 Å². The van der Waals surface area contributed by atoms with Crippen LogP contribution in [0.25, 0.3) is 0 Å². The molecule has 12 heteroatoms. The Morgan fingerprint density at radius 1 is 1.12 bits per heavy atom. The summed E-state index contributed by atoms with van der Waals surface area (Å²) in [5.74, 6) is -2.74. The molecule has 11 nitrogen and oxygen atoms in total. The van der Waals surface area contributed by atoms with Crippen LogP contribution in [0.15, 0.2) is 23.1 Å². The van der Waals surface area contributed by atoms with Crippen molar-refractivity contribution < 1.29 is 52.8 Å². The summed E-state index contributed by atoms with van der Waals surface area (Å²) in [6, 6.07) is 2.57. The summed E-state index contributed by atoms with van der Waals surface area (Å²) in [6.07, 6.45) is -9.62. The Morgan fingerprint density at radius 3 is 2.29 bits per heavy atom. The maximum absolute atomic E-state index is 11.3. The van der Waals surface area contributed by atoms with E-state index in [2.05, 4.69) is 0 Å². The van der Waals surface area contributed by atoms with E-state index in [1.165, 1.54) is 0 Å². The first-order chi connectivity index (χ1) is 11.0. The molecule has 2 rings (SSSR count). The SMILES string of the molecule is O=C(O)C1OC(Oc2ccc(O)cc2S(=O)(=O)O)C(O)C(O)C1O. The van der Waals surface area contributed by atoms with Crippen LogP contribution in [0.2, 0.25) is 0 Å². The van der Waals surface area contributed by atoms with Gasteiger partial charge in [0.1, 0.15) is 34.7 Å². The summed E-state index contributed by atoms with van der Waals surface area (Å²) in [5, 5.41) is 47.2. The lowest BCUT2D eigenvalue weighted by Gasteiger charge is -2.38. The van der Waals surface area contributed by atoms with Gasteiger partial charge in [-0.2, -0.15) is 8.42 Å². The molecule has 0 bridgehead atoms. The number of benzene rings is 1. The highest BCUT2D eigenvalue weighted by Gasteiger charge is 2.48. The second kappa shape index (κ2) is 6.51. The average molecular weight is 366 g/mol. The maximum Gasteiger partial charge on any atom is 0.335 e. The van der Waals surface area contributed by atoms with Crippen LogP contribution in [0.4, 0.5) is 0 Å². The highest BCUT2D eigenvalue weighted by atomic mass is 32.2. The van der Waals surface area contributed by atoms with Crippen molar-refractivity contribution in [1.82, 2.24) is 0 Å². The first-order valence-corrected chi connectivity index (χ1v) is 7.86. The van der Waals surface area contributed by atoms with Gasteiger partial charge < -0.3 is 35.0 Å². The molecule has 6 N–H and O–H groups in total. The molecule has 134 valence electrons. The molecule has 0 radical (unpaired) electrons. The number of carboxylic acid groups (broad SMARTS) is 1. The van der Waals surface area contributed by atoms with Crippen molar-refractivity contribution in [2.45, 2.75) is 35.6 Å². The third kappa shape index (κ3) is 3.58. The molecule has 0 saturated carbocycles. The molecular weight excluding hydrogens is 352 g/mol. The highest BCUT2D eigenvalue weighted by molar-refractivity contribution is 7.86. The molecule has 1 aliphatic heterocycles. The number of aliphatic carboxylic acids is 1.